The maximum atomic E-state index is 12.4. The molecule has 0 aliphatic carbocycles. The van der Waals surface area contributed by atoms with E-state index in [1.54, 1.807) is 6.07 Å². The van der Waals surface area contributed by atoms with Crippen LogP contribution in [0.5, 0.6) is 0 Å². The Bertz CT molecular complexity index is 325. The lowest BCUT2D eigenvalue weighted by Gasteiger charge is -2.24. The zero-order valence-electron chi connectivity index (χ0n) is 6.75. The summed E-state index contributed by atoms with van der Waals surface area (Å²) in [5, 5.41) is 0. The molecule has 1 aromatic carbocycles. The first-order valence-corrected chi connectivity index (χ1v) is 4.33. The maximum absolute atomic E-state index is 12.4. The topological polar surface area (TPSA) is 3.24 Å². The molecule has 6 heteroatoms. The van der Waals surface area contributed by atoms with Gasteiger partial charge in [-0.15, -0.1) is 13.2 Å². The van der Waals surface area contributed by atoms with Gasteiger partial charge in [-0.3, -0.25) is 0 Å². The van der Waals surface area contributed by atoms with Crippen molar-refractivity contribution in [3.63, 3.8) is 0 Å². The monoisotopic (exact) mass is 239 g/mol. The Balaban J connectivity index is 3.08. The Kier molecular flexibility index (Phi) is 3.34. The van der Waals surface area contributed by atoms with Gasteiger partial charge < -0.3 is 0 Å². The van der Waals surface area contributed by atoms with Crippen LogP contribution in [0, 0.1) is 0 Å². The van der Waals surface area contributed by atoms with Crippen LogP contribution in [-0.4, -0.2) is 10.7 Å². The molecule has 1 aromatic rings. The van der Waals surface area contributed by atoms with Gasteiger partial charge >= 0.3 is 6.30 Å². The first kappa shape index (κ1) is 11.3. The number of rotatable bonds is 1. The molecule has 0 spiro atoms. The quantitative estimate of drug-likeness (QED) is 0.419. The first-order chi connectivity index (χ1) is 6.43. The van der Waals surface area contributed by atoms with E-state index in [-0.39, 0.29) is 10.6 Å². The average Bonchev–Trinajstić information content (AvgIpc) is 2.02. The maximum Gasteiger partial charge on any atom is 0.490 e. The SMILES string of the molecule is FC(F)(F)N(C(=S)Cl)c1ccccc1. The van der Waals surface area contributed by atoms with E-state index in [4.69, 9.17) is 11.6 Å². The van der Waals surface area contributed by atoms with Gasteiger partial charge in [-0.05, 0) is 24.4 Å². The van der Waals surface area contributed by atoms with Gasteiger partial charge in [0.15, 0.2) is 4.45 Å². The standard InChI is InChI=1S/C8H5ClF3NS/c9-7(14)13(8(10,11)12)6-4-2-1-3-5-6/h1-5H. The minimum Gasteiger partial charge on any atom is -0.233 e. The number of thiocarbonyl (C=S) groups is 1. The van der Waals surface area contributed by atoms with E-state index in [2.05, 4.69) is 12.2 Å². The van der Waals surface area contributed by atoms with E-state index < -0.39 is 10.7 Å². The van der Waals surface area contributed by atoms with Crippen molar-refractivity contribution in [3.8, 4) is 0 Å². The number of para-hydroxylation sites is 1. The predicted molar refractivity (Wildman–Crippen MR) is 53.4 cm³/mol. The molecule has 0 bridgehead atoms. The second-order valence-corrected chi connectivity index (χ2v) is 3.36. The molecule has 0 N–H and O–H groups in total. The Morgan fingerprint density at radius 1 is 1.21 bits per heavy atom. The third-order valence-corrected chi connectivity index (χ3v) is 1.80. The smallest absolute Gasteiger partial charge is 0.233 e. The molecule has 0 saturated carbocycles. The van der Waals surface area contributed by atoms with Crippen LogP contribution in [0.4, 0.5) is 18.9 Å². The van der Waals surface area contributed by atoms with Gasteiger partial charge in [0.1, 0.15) is 0 Å². The Labute approximate surface area is 89.1 Å². The van der Waals surface area contributed by atoms with Crippen molar-refractivity contribution in [1.82, 2.24) is 0 Å². The number of hydrogen-bond acceptors (Lipinski definition) is 1. The second kappa shape index (κ2) is 4.14. The molecule has 1 rings (SSSR count). The molecule has 0 unspecified atom stereocenters. The van der Waals surface area contributed by atoms with Crippen LogP contribution >= 0.6 is 23.8 Å². The molecule has 1 nitrogen and oxygen atoms in total. The first-order valence-electron chi connectivity index (χ1n) is 3.54. The van der Waals surface area contributed by atoms with Crippen LogP contribution in [0.15, 0.2) is 30.3 Å². The van der Waals surface area contributed by atoms with Gasteiger partial charge in [-0.2, -0.15) is 0 Å². The van der Waals surface area contributed by atoms with E-state index >= 15 is 0 Å². The molecule has 14 heavy (non-hydrogen) atoms. The van der Waals surface area contributed by atoms with E-state index in [0.717, 1.165) is 0 Å². The lowest BCUT2D eigenvalue weighted by atomic mass is 10.3. The molecule has 0 heterocycles. The van der Waals surface area contributed by atoms with E-state index in [9.17, 15) is 13.2 Å². The second-order valence-electron chi connectivity index (χ2n) is 2.39. The summed E-state index contributed by atoms with van der Waals surface area (Å²) < 4.78 is 36.5. The van der Waals surface area contributed by atoms with Crippen LogP contribution in [0.1, 0.15) is 0 Å². The predicted octanol–water partition coefficient (Wildman–Crippen LogP) is 3.54. The number of nitrogens with zero attached hydrogens (tertiary/aromatic N) is 1. The molecule has 0 radical (unpaired) electrons. The fraction of sp³-hybridized carbons (Fsp3) is 0.125. The van der Waals surface area contributed by atoms with Crippen molar-refractivity contribution in [3.05, 3.63) is 30.3 Å². The zero-order valence-corrected chi connectivity index (χ0v) is 8.33. The third kappa shape index (κ3) is 2.59. The van der Waals surface area contributed by atoms with E-state index in [1.807, 2.05) is 0 Å². The van der Waals surface area contributed by atoms with E-state index in [1.165, 1.54) is 24.3 Å². The highest BCUT2D eigenvalue weighted by molar-refractivity contribution is 7.83. The lowest BCUT2D eigenvalue weighted by Crippen LogP contribution is -2.39. The van der Waals surface area contributed by atoms with Crippen molar-refractivity contribution in [2.24, 2.45) is 0 Å². The van der Waals surface area contributed by atoms with Crippen molar-refractivity contribution in [2.45, 2.75) is 6.30 Å². The summed E-state index contributed by atoms with van der Waals surface area (Å²) in [7, 11) is 0. The van der Waals surface area contributed by atoms with Crippen molar-refractivity contribution >= 4 is 34.0 Å². The molecule has 0 aliphatic heterocycles. The number of alkyl halides is 3. The van der Waals surface area contributed by atoms with Crippen molar-refractivity contribution in [1.29, 1.82) is 0 Å². The van der Waals surface area contributed by atoms with Gasteiger partial charge in [0.05, 0.1) is 5.69 Å². The highest BCUT2D eigenvalue weighted by atomic mass is 35.5. The minimum absolute atomic E-state index is 0.0656. The molecule has 0 saturated heterocycles. The molecular weight excluding hydrogens is 235 g/mol. The van der Waals surface area contributed by atoms with E-state index in [0.29, 0.717) is 0 Å². The molecule has 0 amide bonds. The lowest BCUT2D eigenvalue weighted by molar-refractivity contribution is -0.117. The summed E-state index contributed by atoms with van der Waals surface area (Å²) in [6.07, 6.45) is -4.60. The minimum atomic E-state index is -4.60. The third-order valence-electron chi connectivity index (χ3n) is 1.44. The molecule has 76 valence electrons. The van der Waals surface area contributed by atoms with Crippen LogP contribution in [-0.2, 0) is 0 Å². The van der Waals surface area contributed by atoms with Crippen molar-refractivity contribution < 1.29 is 13.2 Å². The van der Waals surface area contributed by atoms with Gasteiger partial charge in [0.2, 0.25) is 0 Å². The summed E-state index contributed by atoms with van der Waals surface area (Å²) in [5.41, 5.74) is -0.0972. The Hall–Kier alpha value is -0.810. The van der Waals surface area contributed by atoms with Crippen LogP contribution in [0.2, 0.25) is 0 Å². The zero-order chi connectivity index (χ0) is 10.8. The molecule has 0 fully saturated rings. The number of anilines is 1. The molecule has 0 atom stereocenters. The number of hydrogen-bond donors (Lipinski definition) is 0. The van der Waals surface area contributed by atoms with Gasteiger partial charge in [-0.1, -0.05) is 29.8 Å². The van der Waals surface area contributed by atoms with Crippen LogP contribution in [0.3, 0.4) is 0 Å². The van der Waals surface area contributed by atoms with Gasteiger partial charge in [0, 0.05) is 0 Å². The number of halogens is 4. The summed E-state index contributed by atoms with van der Waals surface area (Å²) in [4.78, 5) is -0.0656. The number of benzene rings is 1. The largest absolute Gasteiger partial charge is 0.490 e. The van der Waals surface area contributed by atoms with Crippen LogP contribution in [0.25, 0.3) is 0 Å². The average molecular weight is 240 g/mol. The fourth-order valence-electron chi connectivity index (χ4n) is 0.925. The Morgan fingerprint density at radius 3 is 2.07 bits per heavy atom. The molecule has 0 aromatic heterocycles. The summed E-state index contributed by atoms with van der Waals surface area (Å²) in [6, 6.07) is 7.12. The normalized spacial score (nSPS) is 11.1. The van der Waals surface area contributed by atoms with Gasteiger partial charge in [0.25, 0.3) is 0 Å². The molecular formula is C8H5ClF3NS. The summed E-state index contributed by atoms with van der Waals surface area (Å²) in [5.74, 6) is 0. The highest BCUT2D eigenvalue weighted by Crippen LogP contribution is 2.29. The summed E-state index contributed by atoms with van der Waals surface area (Å²) >= 11 is 9.52. The van der Waals surface area contributed by atoms with Crippen molar-refractivity contribution in [2.75, 3.05) is 4.90 Å². The van der Waals surface area contributed by atoms with Gasteiger partial charge in [-0.25, -0.2) is 4.90 Å². The Morgan fingerprint density at radius 2 is 1.71 bits per heavy atom. The highest BCUT2D eigenvalue weighted by Gasteiger charge is 2.39. The fourth-order valence-corrected chi connectivity index (χ4v) is 1.33. The van der Waals surface area contributed by atoms with Crippen LogP contribution < -0.4 is 4.90 Å². The summed E-state index contributed by atoms with van der Waals surface area (Å²) in [6.45, 7) is 0. The molecule has 0 aliphatic rings.